The Kier molecular flexibility index (Phi) is 7.21. The van der Waals surface area contributed by atoms with Crippen molar-refractivity contribution < 1.29 is 18.5 Å². The minimum atomic E-state index is -3.52. The molecule has 1 atom stereocenters. The van der Waals surface area contributed by atoms with Gasteiger partial charge in [0.15, 0.2) is 5.78 Å². The molecule has 0 aliphatic rings. The Morgan fingerprint density at radius 3 is 2.15 bits per heavy atom. The predicted molar refractivity (Wildman–Crippen MR) is 101 cm³/mol. The number of hydrogen-bond acceptors (Lipinski definition) is 6. The molecule has 0 radical (unpaired) electrons. The monoisotopic (exact) mass is 376 g/mol. The second kappa shape index (κ2) is 9.38. The lowest BCUT2D eigenvalue weighted by Gasteiger charge is -2.23. The van der Waals surface area contributed by atoms with Crippen molar-refractivity contribution in [3.63, 3.8) is 0 Å². The van der Waals surface area contributed by atoms with E-state index in [0.717, 1.165) is 0 Å². The van der Waals surface area contributed by atoms with Gasteiger partial charge in [-0.15, -0.1) is 0 Å². The standard InChI is InChI=1S/C18H21N2O5P/c1-3-24-26(23,25-4-2)18(16-8-6-5-7-9-16)19-14-15-10-12-17(13-11-15)20(21)22/h5-14,18H,3-4H2,1-2H3/b19-14+. The van der Waals surface area contributed by atoms with Crippen molar-refractivity contribution in [2.75, 3.05) is 13.2 Å². The normalized spacial score (nSPS) is 13.0. The van der Waals surface area contributed by atoms with Crippen molar-refractivity contribution in [2.24, 2.45) is 4.99 Å². The minimum absolute atomic E-state index is 0.00364. The van der Waals surface area contributed by atoms with Gasteiger partial charge in [0.25, 0.3) is 5.69 Å². The van der Waals surface area contributed by atoms with Crippen LogP contribution in [0.1, 0.15) is 30.8 Å². The summed E-state index contributed by atoms with van der Waals surface area (Å²) in [5.41, 5.74) is 1.35. The Hall–Kier alpha value is -2.34. The molecule has 0 spiro atoms. The number of aliphatic imine (C=N–C) groups is 1. The molecule has 2 aromatic carbocycles. The van der Waals surface area contributed by atoms with E-state index < -0.39 is 18.3 Å². The van der Waals surface area contributed by atoms with Gasteiger partial charge in [-0.3, -0.25) is 19.7 Å². The van der Waals surface area contributed by atoms with E-state index in [1.807, 2.05) is 30.3 Å². The molecule has 138 valence electrons. The van der Waals surface area contributed by atoms with Gasteiger partial charge in [-0.05, 0) is 37.1 Å². The fourth-order valence-electron chi connectivity index (χ4n) is 2.35. The summed E-state index contributed by atoms with van der Waals surface area (Å²) in [6.07, 6.45) is 1.52. The van der Waals surface area contributed by atoms with E-state index in [9.17, 15) is 14.7 Å². The van der Waals surface area contributed by atoms with Crippen LogP contribution in [0.2, 0.25) is 0 Å². The maximum Gasteiger partial charge on any atom is 0.359 e. The fraction of sp³-hybridized carbons (Fsp3) is 0.278. The van der Waals surface area contributed by atoms with Gasteiger partial charge in [-0.1, -0.05) is 30.3 Å². The second-order valence-corrected chi connectivity index (χ2v) is 7.37. The van der Waals surface area contributed by atoms with Crippen LogP contribution in [-0.2, 0) is 13.6 Å². The van der Waals surface area contributed by atoms with Gasteiger partial charge in [0.1, 0.15) is 0 Å². The van der Waals surface area contributed by atoms with Crippen LogP contribution in [0.25, 0.3) is 0 Å². The largest absolute Gasteiger partial charge is 0.359 e. The molecule has 0 saturated heterocycles. The number of nitro groups is 1. The van der Waals surface area contributed by atoms with Gasteiger partial charge in [0, 0.05) is 18.3 Å². The molecular formula is C18H21N2O5P. The van der Waals surface area contributed by atoms with Crippen LogP contribution in [-0.4, -0.2) is 24.4 Å². The maximum absolute atomic E-state index is 13.2. The average Bonchev–Trinajstić information content (AvgIpc) is 2.63. The van der Waals surface area contributed by atoms with Crippen molar-refractivity contribution in [1.82, 2.24) is 0 Å². The van der Waals surface area contributed by atoms with Crippen LogP contribution in [0, 0.1) is 10.1 Å². The van der Waals surface area contributed by atoms with E-state index in [-0.39, 0.29) is 18.9 Å². The van der Waals surface area contributed by atoms with Gasteiger partial charge < -0.3 is 9.05 Å². The topological polar surface area (TPSA) is 91.0 Å². The molecule has 0 aliphatic heterocycles. The Morgan fingerprint density at radius 1 is 1.08 bits per heavy atom. The Labute approximate surface area is 152 Å². The van der Waals surface area contributed by atoms with Crippen molar-refractivity contribution in [3.05, 3.63) is 75.8 Å². The highest BCUT2D eigenvalue weighted by Crippen LogP contribution is 2.61. The van der Waals surface area contributed by atoms with Crippen molar-refractivity contribution >= 4 is 19.5 Å². The lowest BCUT2D eigenvalue weighted by Crippen LogP contribution is -2.05. The molecule has 0 heterocycles. The van der Waals surface area contributed by atoms with Gasteiger partial charge >= 0.3 is 7.60 Å². The molecular weight excluding hydrogens is 355 g/mol. The summed E-state index contributed by atoms with van der Waals surface area (Å²) in [7, 11) is -3.52. The number of benzene rings is 2. The molecule has 0 amide bonds. The zero-order valence-electron chi connectivity index (χ0n) is 14.6. The molecule has 0 N–H and O–H groups in total. The molecule has 0 bridgehead atoms. The van der Waals surface area contributed by atoms with E-state index in [0.29, 0.717) is 11.1 Å². The van der Waals surface area contributed by atoms with E-state index in [4.69, 9.17) is 9.05 Å². The van der Waals surface area contributed by atoms with Gasteiger partial charge in [-0.2, -0.15) is 0 Å². The number of rotatable bonds is 9. The second-order valence-electron chi connectivity index (χ2n) is 5.29. The average molecular weight is 376 g/mol. The summed E-state index contributed by atoms with van der Waals surface area (Å²) in [5, 5.41) is 10.7. The first kappa shape index (κ1) is 20.0. The molecule has 2 aromatic rings. The fourth-order valence-corrected chi connectivity index (χ4v) is 4.20. The first-order valence-electron chi connectivity index (χ1n) is 8.21. The Balaban J connectivity index is 2.37. The smallest absolute Gasteiger partial charge is 0.307 e. The van der Waals surface area contributed by atoms with Crippen LogP contribution in [0.4, 0.5) is 5.69 Å². The molecule has 7 nitrogen and oxygen atoms in total. The molecule has 1 unspecified atom stereocenters. The first-order chi connectivity index (χ1) is 12.5. The molecule has 0 aliphatic carbocycles. The van der Waals surface area contributed by atoms with Gasteiger partial charge in [0.05, 0.1) is 18.1 Å². The molecule has 26 heavy (non-hydrogen) atoms. The summed E-state index contributed by atoms with van der Waals surface area (Å²) in [6.45, 7) is 3.95. The van der Waals surface area contributed by atoms with Crippen molar-refractivity contribution in [1.29, 1.82) is 0 Å². The quantitative estimate of drug-likeness (QED) is 0.266. The Morgan fingerprint density at radius 2 is 1.65 bits per heavy atom. The summed E-state index contributed by atoms with van der Waals surface area (Å²) in [4.78, 5) is 14.7. The highest BCUT2D eigenvalue weighted by atomic mass is 31.2. The molecule has 8 heteroatoms. The van der Waals surface area contributed by atoms with Crippen LogP contribution in [0.5, 0.6) is 0 Å². The highest BCUT2D eigenvalue weighted by molar-refractivity contribution is 7.54. The van der Waals surface area contributed by atoms with Gasteiger partial charge in [-0.25, -0.2) is 0 Å². The van der Waals surface area contributed by atoms with Crippen LogP contribution in [0.3, 0.4) is 0 Å². The summed E-state index contributed by atoms with van der Waals surface area (Å²) >= 11 is 0. The van der Waals surface area contributed by atoms with E-state index in [2.05, 4.69) is 4.99 Å². The summed E-state index contributed by atoms with van der Waals surface area (Å²) < 4.78 is 24.1. The zero-order chi connectivity index (χ0) is 19.0. The Bertz CT molecular complexity index is 783. The molecule has 2 rings (SSSR count). The minimum Gasteiger partial charge on any atom is -0.307 e. The zero-order valence-corrected chi connectivity index (χ0v) is 15.5. The molecule has 0 aromatic heterocycles. The van der Waals surface area contributed by atoms with Crippen molar-refractivity contribution in [3.8, 4) is 0 Å². The van der Waals surface area contributed by atoms with Crippen LogP contribution in [0.15, 0.2) is 59.6 Å². The lowest BCUT2D eigenvalue weighted by molar-refractivity contribution is -0.384. The van der Waals surface area contributed by atoms with Crippen LogP contribution < -0.4 is 0 Å². The SMILES string of the molecule is CCOP(=O)(OCC)C(/N=C/c1ccc([N+](=O)[O-])cc1)c1ccccc1. The van der Waals surface area contributed by atoms with Gasteiger partial charge in [0.2, 0.25) is 0 Å². The number of nitrogens with zero attached hydrogens (tertiary/aromatic N) is 2. The molecule has 0 saturated carbocycles. The van der Waals surface area contributed by atoms with E-state index in [1.54, 1.807) is 26.0 Å². The summed E-state index contributed by atoms with van der Waals surface area (Å²) in [6, 6.07) is 15.1. The predicted octanol–water partition coefficient (Wildman–Crippen LogP) is 4.98. The van der Waals surface area contributed by atoms with Crippen LogP contribution >= 0.6 is 7.60 Å². The third-order valence-electron chi connectivity index (χ3n) is 3.48. The summed E-state index contributed by atoms with van der Waals surface area (Å²) in [5.74, 6) is -0.821. The highest BCUT2D eigenvalue weighted by Gasteiger charge is 2.36. The van der Waals surface area contributed by atoms with Crippen molar-refractivity contribution in [2.45, 2.75) is 19.6 Å². The number of non-ortho nitro benzene ring substituents is 1. The first-order valence-corrected chi connectivity index (χ1v) is 9.82. The lowest BCUT2D eigenvalue weighted by atomic mass is 10.2. The maximum atomic E-state index is 13.2. The van der Waals surface area contributed by atoms with E-state index in [1.165, 1.54) is 18.3 Å². The molecule has 0 fully saturated rings. The third-order valence-corrected chi connectivity index (χ3v) is 5.75. The van der Waals surface area contributed by atoms with E-state index >= 15 is 0 Å². The third kappa shape index (κ3) is 5.08. The number of nitro benzene ring substituents is 1. The number of hydrogen-bond donors (Lipinski definition) is 0.